The lowest BCUT2D eigenvalue weighted by Gasteiger charge is -2.36. The van der Waals surface area contributed by atoms with Crippen molar-refractivity contribution in [2.75, 3.05) is 11.9 Å². The van der Waals surface area contributed by atoms with E-state index in [4.69, 9.17) is 4.74 Å². The van der Waals surface area contributed by atoms with Crippen LogP contribution in [0.1, 0.15) is 50.2 Å². The van der Waals surface area contributed by atoms with E-state index in [1.807, 2.05) is 43.3 Å². The molecule has 0 bridgehead atoms. The molecule has 0 spiro atoms. The molecule has 0 heterocycles. The van der Waals surface area contributed by atoms with Crippen LogP contribution in [-0.4, -0.2) is 12.5 Å². The molecule has 150 valence electrons. The Balaban J connectivity index is 1.72. The first kappa shape index (κ1) is 19.5. The van der Waals surface area contributed by atoms with Gasteiger partial charge in [-0.15, -0.1) is 0 Å². The standard InChI is InChI=1S/C26H29NO2/c1-3-29-24-16-15-23(21-9-5-6-10-22(21)24)27-25(28)26(17-7-4-8-18-26)20-13-11-19(2)12-14-20/h5-6,9-16H,3-4,7-8,17-18H2,1-2H3,(H,27,28). The molecule has 0 radical (unpaired) electrons. The number of carbonyl (C=O) groups excluding carboxylic acids is 1. The average Bonchev–Trinajstić information content (AvgIpc) is 2.76. The molecule has 0 aliphatic heterocycles. The molecule has 0 aromatic heterocycles. The van der Waals surface area contributed by atoms with Gasteiger partial charge in [-0.1, -0.05) is 73.4 Å². The first-order valence-corrected chi connectivity index (χ1v) is 10.7. The van der Waals surface area contributed by atoms with E-state index in [1.165, 1.54) is 12.0 Å². The summed E-state index contributed by atoms with van der Waals surface area (Å²) in [6.45, 7) is 4.69. The lowest BCUT2D eigenvalue weighted by molar-refractivity contribution is -0.122. The number of rotatable bonds is 5. The topological polar surface area (TPSA) is 38.3 Å². The number of fused-ring (bicyclic) bond motifs is 1. The number of anilines is 1. The van der Waals surface area contributed by atoms with E-state index in [9.17, 15) is 4.79 Å². The van der Waals surface area contributed by atoms with Gasteiger partial charge in [0, 0.05) is 16.5 Å². The number of amides is 1. The maximum absolute atomic E-state index is 13.7. The van der Waals surface area contributed by atoms with Crippen molar-refractivity contribution in [1.29, 1.82) is 0 Å². The number of benzene rings is 3. The lowest BCUT2D eigenvalue weighted by atomic mass is 9.68. The van der Waals surface area contributed by atoms with Crippen molar-refractivity contribution >= 4 is 22.4 Å². The third-order valence-corrected chi connectivity index (χ3v) is 6.18. The Morgan fingerprint density at radius 2 is 1.62 bits per heavy atom. The van der Waals surface area contributed by atoms with Gasteiger partial charge in [-0.2, -0.15) is 0 Å². The van der Waals surface area contributed by atoms with Gasteiger partial charge in [-0.05, 0) is 44.4 Å². The van der Waals surface area contributed by atoms with Crippen LogP contribution in [0.15, 0.2) is 60.7 Å². The minimum absolute atomic E-state index is 0.107. The van der Waals surface area contributed by atoms with Crippen molar-refractivity contribution in [3.8, 4) is 5.75 Å². The zero-order valence-electron chi connectivity index (χ0n) is 17.3. The van der Waals surface area contributed by atoms with Crippen molar-refractivity contribution in [2.24, 2.45) is 0 Å². The average molecular weight is 388 g/mol. The molecular formula is C26H29NO2. The van der Waals surface area contributed by atoms with E-state index in [0.717, 1.165) is 53.5 Å². The zero-order valence-corrected chi connectivity index (χ0v) is 17.3. The molecule has 1 saturated carbocycles. The second-order valence-corrected chi connectivity index (χ2v) is 8.05. The molecule has 4 rings (SSSR count). The molecule has 1 fully saturated rings. The molecule has 3 heteroatoms. The predicted molar refractivity (Wildman–Crippen MR) is 120 cm³/mol. The monoisotopic (exact) mass is 387 g/mol. The minimum atomic E-state index is -0.453. The van der Waals surface area contributed by atoms with Gasteiger partial charge in [-0.3, -0.25) is 4.79 Å². The lowest BCUT2D eigenvalue weighted by Crippen LogP contribution is -2.42. The smallest absolute Gasteiger partial charge is 0.235 e. The molecule has 0 atom stereocenters. The maximum Gasteiger partial charge on any atom is 0.235 e. The van der Waals surface area contributed by atoms with Gasteiger partial charge in [0.1, 0.15) is 5.75 Å². The first-order chi connectivity index (χ1) is 14.1. The molecule has 1 N–H and O–H groups in total. The van der Waals surface area contributed by atoms with Gasteiger partial charge in [0.05, 0.1) is 12.0 Å². The Labute approximate surface area is 173 Å². The van der Waals surface area contributed by atoms with Gasteiger partial charge in [0.15, 0.2) is 0 Å². The van der Waals surface area contributed by atoms with Gasteiger partial charge < -0.3 is 10.1 Å². The number of aryl methyl sites for hydroxylation is 1. The van der Waals surface area contributed by atoms with Gasteiger partial charge in [0.25, 0.3) is 0 Å². The summed E-state index contributed by atoms with van der Waals surface area (Å²) in [5, 5.41) is 5.33. The quantitative estimate of drug-likeness (QED) is 0.551. The van der Waals surface area contributed by atoms with Crippen molar-refractivity contribution < 1.29 is 9.53 Å². The Kier molecular flexibility index (Phi) is 5.57. The van der Waals surface area contributed by atoms with Gasteiger partial charge >= 0.3 is 0 Å². The fraction of sp³-hybridized carbons (Fsp3) is 0.346. The van der Waals surface area contributed by atoms with Crippen LogP contribution in [0.2, 0.25) is 0 Å². The molecule has 1 aliphatic carbocycles. The summed E-state index contributed by atoms with van der Waals surface area (Å²) >= 11 is 0. The van der Waals surface area contributed by atoms with Crippen LogP contribution in [0.3, 0.4) is 0 Å². The molecule has 3 aromatic carbocycles. The number of nitrogens with one attached hydrogen (secondary N) is 1. The van der Waals surface area contributed by atoms with Crippen LogP contribution >= 0.6 is 0 Å². The second kappa shape index (κ2) is 8.28. The fourth-order valence-electron chi connectivity index (χ4n) is 4.58. The van der Waals surface area contributed by atoms with E-state index in [-0.39, 0.29) is 5.91 Å². The van der Waals surface area contributed by atoms with Gasteiger partial charge in [-0.25, -0.2) is 0 Å². The third-order valence-electron chi connectivity index (χ3n) is 6.18. The Bertz CT molecular complexity index is 1000. The fourth-order valence-corrected chi connectivity index (χ4v) is 4.58. The normalized spacial score (nSPS) is 15.8. The zero-order chi connectivity index (χ0) is 20.3. The van der Waals surface area contributed by atoms with Crippen LogP contribution in [0.4, 0.5) is 5.69 Å². The van der Waals surface area contributed by atoms with E-state index in [2.05, 4.69) is 36.5 Å². The molecular weight excluding hydrogens is 358 g/mol. The summed E-state index contributed by atoms with van der Waals surface area (Å²) in [6.07, 6.45) is 5.18. The summed E-state index contributed by atoms with van der Waals surface area (Å²) in [7, 11) is 0. The van der Waals surface area contributed by atoms with Crippen molar-refractivity contribution in [3.05, 3.63) is 71.8 Å². The maximum atomic E-state index is 13.7. The van der Waals surface area contributed by atoms with E-state index in [1.54, 1.807) is 0 Å². The molecule has 0 saturated heterocycles. The van der Waals surface area contributed by atoms with Crippen LogP contribution in [0.25, 0.3) is 10.8 Å². The van der Waals surface area contributed by atoms with E-state index < -0.39 is 5.41 Å². The summed E-state index contributed by atoms with van der Waals surface area (Å²) < 4.78 is 5.78. The van der Waals surface area contributed by atoms with Crippen LogP contribution in [0.5, 0.6) is 5.75 Å². The Morgan fingerprint density at radius 1 is 0.931 bits per heavy atom. The van der Waals surface area contributed by atoms with Crippen LogP contribution in [-0.2, 0) is 10.2 Å². The Hall–Kier alpha value is -2.81. The highest BCUT2D eigenvalue weighted by Crippen LogP contribution is 2.41. The SMILES string of the molecule is CCOc1ccc(NC(=O)C2(c3ccc(C)cc3)CCCCC2)c2ccccc12. The van der Waals surface area contributed by atoms with Crippen molar-refractivity contribution in [3.63, 3.8) is 0 Å². The van der Waals surface area contributed by atoms with Crippen LogP contribution < -0.4 is 10.1 Å². The highest BCUT2D eigenvalue weighted by Gasteiger charge is 2.41. The molecule has 3 nitrogen and oxygen atoms in total. The Morgan fingerprint density at radius 3 is 2.31 bits per heavy atom. The molecule has 3 aromatic rings. The number of hydrogen-bond donors (Lipinski definition) is 1. The molecule has 1 amide bonds. The number of ether oxygens (including phenoxy) is 1. The van der Waals surface area contributed by atoms with Crippen molar-refractivity contribution in [2.45, 2.75) is 51.4 Å². The summed E-state index contributed by atoms with van der Waals surface area (Å²) in [6, 6.07) is 20.5. The van der Waals surface area contributed by atoms with Crippen molar-refractivity contribution in [1.82, 2.24) is 0 Å². The molecule has 0 unspecified atom stereocenters. The predicted octanol–water partition coefficient (Wildman–Crippen LogP) is 6.39. The van der Waals surface area contributed by atoms with E-state index >= 15 is 0 Å². The van der Waals surface area contributed by atoms with Crippen LogP contribution in [0, 0.1) is 6.92 Å². The van der Waals surface area contributed by atoms with E-state index in [0.29, 0.717) is 6.61 Å². The minimum Gasteiger partial charge on any atom is -0.493 e. The molecule has 29 heavy (non-hydrogen) atoms. The highest BCUT2D eigenvalue weighted by molar-refractivity contribution is 6.07. The number of carbonyl (C=O) groups is 1. The summed E-state index contributed by atoms with van der Waals surface area (Å²) in [4.78, 5) is 13.7. The largest absolute Gasteiger partial charge is 0.493 e. The number of hydrogen-bond acceptors (Lipinski definition) is 2. The third kappa shape index (κ3) is 3.74. The summed E-state index contributed by atoms with van der Waals surface area (Å²) in [5.41, 5.74) is 2.75. The first-order valence-electron chi connectivity index (χ1n) is 10.7. The second-order valence-electron chi connectivity index (χ2n) is 8.05. The highest BCUT2D eigenvalue weighted by atomic mass is 16.5. The van der Waals surface area contributed by atoms with Gasteiger partial charge in [0.2, 0.25) is 5.91 Å². The molecule has 1 aliphatic rings. The summed E-state index contributed by atoms with van der Waals surface area (Å²) in [5.74, 6) is 0.961.